The molecule has 0 aliphatic heterocycles. The number of fused-ring (bicyclic) bond motifs is 1. The van der Waals surface area contributed by atoms with Crippen LogP contribution < -0.4 is 10.5 Å². The van der Waals surface area contributed by atoms with Crippen molar-refractivity contribution >= 4 is 17.7 Å². The first-order valence-electron chi connectivity index (χ1n) is 8.73. The van der Waals surface area contributed by atoms with Crippen LogP contribution in [0.4, 0.5) is 4.79 Å². The van der Waals surface area contributed by atoms with E-state index in [2.05, 4.69) is 19.9 Å². The van der Waals surface area contributed by atoms with Crippen LogP contribution >= 0.6 is 11.6 Å². The maximum absolute atomic E-state index is 11.3. The minimum atomic E-state index is -0.742. The molecule has 0 bridgehead atoms. The van der Waals surface area contributed by atoms with Crippen molar-refractivity contribution in [2.45, 2.75) is 46.3 Å². The molecule has 1 amide bonds. The van der Waals surface area contributed by atoms with Crippen molar-refractivity contribution < 1.29 is 14.3 Å². The standard InChI is InChI=1S/C21H24ClNO3/c1-12(2)25-18-10-14(6-8-17(18)22)13-5-7-16-15(9-13)11-21(3,4)19(16)26-20(23)24/h5-10,12,19H,11H2,1-4H3,(H2,23,24)/t19-/m0/s1. The van der Waals surface area contributed by atoms with Gasteiger partial charge in [0.25, 0.3) is 0 Å². The van der Waals surface area contributed by atoms with E-state index in [0.717, 1.165) is 23.1 Å². The first-order valence-corrected chi connectivity index (χ1v) is 9.10. The van der Waals surface area contributed by atoms with Crippen LogP contribution in [-0.4, -0.2) is 12.2 Å². The van der Waals surface area contributed by atoms with Crippen molar-refractivity contribution in [3.05, 3.63) is 52.5 Å². The molecule has 2 aromatic carbocycles. The molecule has 2 N–H and O–H groups in total. The highest BCUT2D eigenvalue weighted by Crippen LogP contribution is 2.48. The van der Waals surface area contributed by atoms with Crippen molar-refractivity contribution in [3.63, 3.8) is 0 Å². The Labute approximate surface area is 159 Å². The van der Waals surface area contributed by atoms with Crippen LogP contribution in [0.15, 0.2) is 36.4 Å². The van der Waals surface area contributed by atoms with Gasteiger partial charge in [0.15, 0.2) is 0 Å². The Balaban J connectivity index is 1.97. The minimum absolute atomic E-state index is 0.0512. The van der Waals surface area contributed by atoms with Crippen LogP contribution in [0.2, 0.25) is 5.02 Å². The Morgan fingerprint density at radius 1 is 1.19 bits per heavy atom. The molecule has 2 aromatic rings. The predicted molar refractivity (Wildman–Crippen MR) is 104 cm³/mol. The van der Waals surface area contributed by atoms with Gasteiger partial charge in [-0.2, -0.15) is 0 Å². The number of carbonyl (C=O) groups is 1. The molecule has 3 rings (SSSR count). The fraction of sp³-hybridized carbons (Fsp3) is 0.381. The molecule has 0 radical (unpaired) electrons. The van der Waals surface area contributed by atoms with E-state index in [0.29, 0.717) is 10.8 Å². The lowest BCUT2D eigenvalue weighted by Gasteiger charge is -2.26. The second-order valence-corrected chi connectivity index (χ2v) is 8.11. The minimum Gasteiger partial charge on any atom is -0.489 e. The largest absolute Gasteiger partial charge is 0.489 e. The summed E-state index contributed by atoms with van der Waals surface area (Å²) >= 11 is 6.24. The zero-order chi connectivity index (χ0) is 19.1. The molecule has 0 heterocycles. The first-order chi connectivity index (χ1) is 12.2. The lowest BCUT2D eigenvalue weighted by Crippen LogP contribution is -2.25. The average Bonchev–Trinajstić information content (AvgIpc) is 2.78. The third-order valence-electron chi connectivity index (χ3n) is 4.64. The highest BCUT2D eigenvalue weighted by atomic mass is 35.5. The molecule has 0 saturated heterocycles. The molecule has 0 saturated carbocycles. The summed E-state index contributed by atoms with van der Waals surface area (Å²) in [4.78, 5) is 11.3. The summed E-state index contributed by atoms with van der Waals surface area (Å²) in [5.74, 6) is 0.676. The van der Waals surface area contributed by atoms with Gasteiger partial charge >= 0.3 is 6.09 Å². The molecule has 0 aromatic heterocycles. The number of hydrogen-bond donors (Lipinski definition) is 1. The molecule has 0 fully saturated rings. The van der Waals surface area contributed by atoms with Gasteiger partial charge in [0.2, 0.25) is 0 Å². The molecule has 1 aliphatic carbocycles. The normalized spacial score (nSPS) is 17.8. The Morgan fingerprint density at radius 3 is 2.50 bits per heavy atom. The van der Waals surface area contributed by atoms with Crippen molar-refractivity contribution in [3.8, 4) is 16.9 Å². The summed E-state index contributed by atoms with van der Waals surface area (Å²) < 4.78 is 11.2. The van der Waals surface area contributed by atoms with Gasteiger partial charge in [0.1, 0.15) is 11.9 Å². The van der Waals surface area contributed by atoms with Crippen LogP contribution in [0.3, 0.4) is 0 Å². The van der Waals surface area contributed by atoms with Crippen LogP contribution in [-0.2, 0) is 11.2 Å². The van der Waals surface area contributed by atoms with Gasteiger partial charge in [-0.1, -0.05) is 49.7 Å². The molecule has 1 atom stereocenters. The molecule has 0 spiro atoms. The quantitative estimate of drug-likeness (QED) is 0.768. The van der Waals surface area contributed by atoms with Crippen molar-refractivity contribution in [1.82, 2.24) is 0 Å². The Bertz CT molecular complexity index is 845. The molecular weight excluding hydrogens is 350 g/mol. The monoisotopic (exact) mass is 373 g/mol. The van der Waals surface area contributed by atoms with E-state index in [1.54, 1.807) is 0 Å². The van der Waals surface area contributed by atoms with E-state index in [-0.39, 0.29) is 17.6 Å². The predicted octanol–water partition coefficient (Wildman–Crippen LogP) is 5.51. The Hall–Kier alpha value is -2.20. The van der Waals surface area contributed by atoms with Gasteiger partial charge in [0.05, 0.1) is 11.1 Å². The third-order valence-corrected chi connectivity index (χ3v) is 4.95. The number of carbonyl (C=O) groups excluding carboxylic acids is 1. The van der Waals surface area contributed by atoms with E-state index >= 15 is 0 Å². The number of halogens is 1. The zero-order valence-corrected chi connectivity index (χ0v) is 16.3. The van der Waals surface area contributed by atoms with Gasteiger partial charge in [-0.25, -0.2) is 4.79 Å². The van der Waals surface area contributed by atoms with Crippen LogP contribution in [0.5, 0.6) is 5.75 Å². The first kappa shape index (κ1) is 18.6. The van der Waals surface area contributed by atoms with E-state index in [4.69, 9.17) is 26.8 Å². The Morgan fingerprint density at radius 2 is 1.85 bits per heavy atom. The number of amides is 1. The summed E-state index contributed by atoms with van der Waals surface area (Å²) in [6.45, 7) is 8.10. The molecule has 138 valence electrons. The molecule has 1 aliphatic rings. The number of rotatable bonds is 4. The van der Waals surface area contributed by atoms with E-state index in [1.165, 1.54) is 5.56 Å². The summed E-state index contributed by atoms with van der Waals surface area (Å²) in [7, 11) is 0. The molecule has 0 unspecified atom stereocenters. The van der Waals surface area contributed by atoms with Crippen LogP contribution in [0.25, 0.3) is 11.1 Å². The van der Waals surface area contributed by atoms with Gasteiger partial charge in [0, 0.05) is 5.41 Å². The topological polar surface area (TPSA) is 61.6 Å². The fourth-order valence-corrected chi connectivity index (χ4v) is 3.73. The number of nitrogens with two attached hydrogens (primary N) is 1. The highest BCUT2D eigenvalue weighted by molar-refractivity contribution is 6.32. The molecule has 4 nitrogen and oxygen atoms in total. The molecule has 5 heteroatoms. The number of primary amides is 1. The van der Waals surface area contributed by atoms with Crippen molar-refractivity contribution in [2.75, 3.05) is 0 Å². The average molecular weight is 374 g/mol. The van der Waals surface area contributed by atoms with Gasteiger partial charge in [-0.05, 0) is 54.7 Å². The maximum Gasteiger partial charge on any atom is 0.405 e. The summed E-state index contributed by atoms with van der Waals surface area (Å²) in [6.07, 6.45) is -0.200. The van der Waals surface area contributed by atoms with E-state index < -0.39 is 6.09 Å². The lowest BCUT2D eigenvalue weighted by atomic mass is 9.87. The van der Waals surface area contributed by atoms with E-state index in [1.807, 2.05) is 44.2 Å². The summed E-state index contributed by atoms with van der Waals surface area (Å²) in [6, 6.07) is 12.0. The van der Waals surface area contributed by atoms with Crippen LogP contribution in [0.1, 0.15) is 44.9 Å². The Kier molecular flexibility index (Phi) is 4.89. The maximum atomic E-state index is 11.3. The highest BCUT2D eigenvalue weighted by Gasteiger charge is 2.41. The fourth-order valence-electron chi connectivity index (χ4n) is 3.57. The van der Waals surface area contributed by atoms with Gasteiger partial charge < -0.3 is 15.2 Å². The van der Waals surface area contributed by atoms with E-state index in [9.17, 15) is 4.79 Å². The number of hydrogen-bond acceptors (Lipinski definition) is 3. The summed E-state index contributed by atoms with van der Waals surface area (Å²) in [5.41, 5.74) is 9.35. The lowest BCUT2D eigenvalue weighted by molar-refractivity contribution is 0.0392. The van der Waals surface area contributed by atoms with Gasteiger partial charge in [-0.3, -0.25) is 0 Å². The summed E-state index contributed by atoms with van der Waals surface area (Å²) in [5, 5.41) is 0.597. The number of ether oxygens (including phenoxy) is 2. The van der Waals surface area contributed by atoms with Crippen molar-refractivity contribution in [1.29, 1.82) is 0 Å². The molecular formula is C21H24ClNO3. The smallest absolute Gasteiger partial charge is 0.405 e. The SMILES string of the molecule is CC(C)Oc1cc(-c2ccc3c(c2)CC(C)(C)[C@H]3OC(N)=O)ccc1Cl. The second kappa shape index (κ2) is 6.84. The number of benzene rings is 2. The zero-order valence-electron chi connectivity index (χ0n) is 15.5. The van der Waals surface area contributed by atoms with Crippen molar-refractivity contribution in [2.24, 2.45) is 11.1 Å². The van der Waals surface area contributed by atoms with Gasteiger partial charge in [-0.15, -0.1) is 0 Å². The third kappa shape index (κ3) is 3.65. The second-order valence-electron chi connectivity index (χ2n) is 7.71. The van der Waals surface area contributed by atoms with Crippen LogP contribution in [0, 0.1) is 5.41 Å². The molecule has 26 heavy (non-hydrogen) atoms.